The van der Waals surface area contributed by atoms with Gasteiger partial charge in [0.1, 0.15) is 0 Å². The summed E-state index contributed by atoms with van der Waals surface area (Å²) in [7, 11) is 0. The molecule has 0 amide bonds. The molecule has 0 unspecified atom stereocenters. The van der Waals surface area contributed by atoms with E-state index < -0.39 is 0 Å². The fourth-order valence-electron chi connectivity index (χ4n) is 1.26. The largest absolute Gasteiger partial charge is 0.262 e. The third kappa shape index (κ3) is 2.04. The molecule has 0 saturated heterocycles. The summed E-state index contributed by atoms with van der Waals surface area (Å²) in [5, 5.41) is 0. The Kier molecular flexibility index (Phi) is 2.28. The van der Waals surface area contributed by atoms with Crippen LogP contribution in [0, 0.1) is 0 Å². The Morgan fingerprint density at radius 1 is 1.55 bits per heavy atom. The lowest BCUT2D eigenvalue weighted by atomic mass is 10.1. The van der Waals surface area contributed by atoms with Gasteiger partial charge in [-0.05, 0) is 26.3 Å². The molecule has 0 radical (unpaired) electrons. The number of aliphatic imine (C=N–C) groups is 1. The highest BCUT2D eigenvalue weighted by atomic mass is 14.8. The number of hydrogen-bond donors (Lipinski definition) is 0. The molecule has 0 bridgehead atoms. The normalized spacial score (nSPS) is 17.2. The van der Waals surface area contributed by atoms with Crippen LogP contribution in [0.5, 0.6) is 0 Å². The summed E-state index contributed by atoms with van der Waals surface area (Å²) in [6.45, 7) is 10.1. The maximum atomic E-state index is 4.45. The van der Waals surface area contributed by atoms with Crippen molar-refractivity contribution >= 4 is 5.71 Å². The van der Waals surface area contributed by atoms with Crippen LogP contribution in [-0.4, -0.2) is 5.71 Å². The van der Waals surface area contributed by atoms with Gasteiger partial charge in [-0.2, -0.15) is 0 Å². The Morgan fingerprint density at radius 2 is 2.18 bits per heavy atom. The predicted molar refractivity (Wildman–Crippen MR) is 49.9 cm³/mol. The maximum Gasteiger partial charge on any atom is 0.0365 e. The zero-order valence-corrected chi connectivity index (χ0v) is 7.57. The average Bonchev–Trinajstić information content (AvgIpc) is 2.10. The number of allylic oxidation sites excluding steroid dienone is 3. The van der Waals surface area contributed by atoms with Gasteiger partial charge in [-0.1, -0.05) is 12.2 Å². The van der Waals surface area contributed by atoms with Gasteiger partial charge < -0.3 is 0 Å². The Hall–Kier alpha value is -0.850. The van der Waals surface area contributed by atoms with E-state index >= 15 is 0 Å². The lowest BCUT2D eigenvalue weighted by molar-refractivity contribution is 1.20. The van der Waals surface area contributed by atoms with Crippen molar-refractivity contribution in [1.82, 2.24) is 0 Å². The second-order valence-electron chi connectivity index (χ2n) is 3.35. The number of rotatable bonds is 2. The summed E-state index contributed by atoms with van der Waals surface area (Å²) in [6.07, 6.45) is 2.02. The van der Waals surface area contributed by atoms with Crippen LogP contribution in [0.15, 0.2) is 28.4 Å². The van der Waals surface area contributed by atoms with Crippen molar-refractivity contribution in [3.63, 3.8) is 0 Å². The van der Waals surface area contributed by atoms with Crippen LogP contribution < -0.4 is 0 Å². The summed E-state index contributed by atoms with van der Waals surface area (Å²) < 4.78 is 0. The van der Waals surface area contributed by atoms with E-state index in [0.717, 1.165) is 12.8 Å². The highest BCUT2D eigenvalue weighted by Crippen LogP contribution is 2.21. The molecule has 0 N–H and O–H groups in total. The van der Waals surface area contributed by atoms with Crippen molar-refractivity contribution in [2.75, 3.05) is 0 Å². The molecule has 0 saturated carbocycles. The summed E-state index contributed by atoms with van der Waals surface area (Å²) >= 11 is 0. The Balaban J connectivity index is 2.57. The van der Waals surface area contributed by atoms with Crippen LogP contribution >= 0.6 is 0 Å². The van der Waals surface area contributed by atoms with E-state index in [1.807, 2.05) is 6.92 Å². The number of nitrogens with zero attached hydrogens (tertiary/aromatic N) is 1. The van der Waals surface area contributed by atoms with Gasteiger partial charge in [-0.3, -0.25) is 4.99 Å². The standard InChI is InChI=1S/C10H15N/c1-7(2)5-10-6-8(3)9(4)11-10/h1,5-6H2,2-4H3. The van der Waals surface area contributed by atoms with Crippen molar-refractivity contribution < 1.29 is 0 Å². The fraction of sp³-hybridized carbons (Fsp3) is 0.500. The first kappa shape index (κ1) is 8.25. The van der Waals surface area contributed by atoms with Crippen LogP contribution in [0.1, 0.15) is 33.6 Å². The molecule has 1 nitrogen and oxygen atoms in total. The lowest BCUT2D eigenvalue weighted by Crippen LogP contribution is -1.94. The van der Waals surface area contributed by atoms with Crippen LogP contribution in [0.25, 0.3) is 0 Å². The molecule has 0 aromatic carbocycles. The SMILES string of the molecule is C=C(C)CC1=NC(C)=C(C)C1. The first-order valence-corrected chi connectivity index (χ1v) is 3.96. The molecular formula is C10H15N. The van der Waals surface area contributed by atoms with Crippen LogP contribution in [-0.2, 0) is 0 Å². The highest BCUT2D eigenvalue weighted by molar-refractivity contribution is 5.91. The minimum absolute atomic E-state index is 0.967. The van der Waals surface area contributed by atoms with Gasteiger partial charge >= 0.3 is 0 Å². The van der Waals surface area contributed by atoms with E-state index in [1.54, 1.807) is 0 Å². The third-order valence-corrected chi connectivity index (χ3v) is 1.92. The van der Waals surface area contributed by atoms with Crippen molar-refractivity contribution in [3.05, 3.63) is 23.4 Å². The maximum absolute atomic E-state index is 4.45. The van der Waals surface area contributed by atoms with Crippen LogP contribution in [0.3, 0.4) is 0 Å². The van der Waals surface area contributed by atoms with E-state index in [0.29, 0.717) is 0 Å². The summed E-state index contributed by atoms with van der Waals surface area (Å²) in [5.41, 5.74) is 5.07. The van der Waals surface area contributed by atoms with Gasteiger partial charge in [0.25, 0.3) is 0 Å². The lowest BCUT2D eigenvalue weighted by Gasteiger charge is -1.97. The first-order chi connectivity index (χ1) is 5.09. The van der Waals surface area contributed by atoms with Gasteiger partial charge in [0.15, 0.2) is 0 Å². The zero-order chi connectivity index (χ0) is 8.43. The van der Waals surface area contributed by atoms with Crippen LogP contribution in [0.2, 0.25) is 0 Å². The van der Waals surface area contributed by atoms with E-state index in [1.165, 1.54) is 22.6 Å². The average molecular weight is 149 g/mol. The molecule has 1 heteroatoms. The summed E-state index contributed by atoms with van der Waals surface area (Å²) in [5.74, 6) is 0. The van der Waals surface area contributed by atoms with Crippen molar-refractivity contribution in [1.29, 1.82) is 0 Å². The topological polar surface area (TPSA) is 12.4 Å². The Bertz CT molecular complexity index is 240. The van der Waals surface area contributed by atoms with Crippen molar-refractivity contribution in [2.45, 2.75) is 33.6 Å². The molecule has 1 heterocycles. The van der Waals surface area contributed by atoms with Crippen molar-refractivity contribution in [3.8, 4) is 0 Å². The molecule has 0 aromatic rings. The van der Waals surface area contributed by atoms with E-state index in [9.17, 15) is 0 Å². The second kappa shape index (κ2) is 3.04. The van der Waals surface area contributed by atoms with Gasteiger partial charge in [-0.25, -0.2) is 0 Å². The van der Waals surface area contributed by atoms with E-state index in [-0.39, 0.29) is 0 Å². The minimum Gasteiger partial charge on any atom is -0.262 e. The van der Waals surface area contributed by atoms with Gasteiger partial charge in [-0.15, -0.1) is 0 Å². The second-order valence-corrected chi connectivity index (χ2v) is 3.35. The molecular weight excluding hydrogens is 134 g/mol. The highest BCUT2D eigenvalue weighted by Gasteiger charge is 2.10. The summed E-state index contributed by atoms with van der Waals surface area (Å²) in [6, 6.07) is 0. The number of hydrogen-bond acceptors (Lipinski definition) is 1. The van der Waals surface area contributed by atoms with Gasteiger partial charge in [0.05, 0.1) is 0 Å². The molecule has 0 fully saturated rings. The fourth-order valence-corrected chi connectivity index (χ4v) is 1.26. The van der Waals surface area contributed by atoms with Crippen LogP contribution in [0.4, 0.5) is 0 Å². The third-order valence-electron chi connectivity index (χ3n) is 1.92. The monoisotopic (exact) mass is 149 g/mol. The molecule has 1 aliphatic rings. The van der Waals surface area contributed by atoms with E-state index in [4.69, 9.17) is 0 Å². The molecule has 11 heavy (non-hydrogen) atoms. The first-order valence-electron chi connectivity index (χ1n) is 3.96. The molecule has 0 aliphatic carbocycles. The minimum atomic E-state index is 0.967. The quantitative estimate of drug-likeness (QED) is 0.535. The zero-order valence-electron chi connectivity index (χ0n) is 7.57. The molecule has 1 rings (SSSR count). The predicted octanol–water partition coefficient (Wildman–Crippen LogP) is 3.09. The Labute approximate surface area is 68.5 Å². The Morgan fingerprint density at radius 3 is 2.55 bits per heavy atom. The molecule has 0 aromatic heterocycles. The smallest absolute Gasteiger partial charge is 0.0365 e. The van der Waals surface area contributed by atoms with E-state index in [2.05, 4.69) is 25.4 Å². The van der Waals surface area contributed by atoms with Gasteiger partial charge in [0.2, 0.25) is 0 Å². The molecule has 60 valence electrons. The molecule has 1 aliphatic heterocycles. The van der Waals surface area contributed by atoms with Crippen molar-refractivity contribution in [2.24, 2.45) is 4.99 Å². The summed E-state index contributed by atoms with van der Waals surface area (Å²) in [4.78, 5) is 4.45. The molecule has 0 spiro atoms. The van der Waals surface area contributed by atoms with Gasteiger partial charge in [0, 0.05) is 24.3 Å². The molecule has 0 atom stereocenters.